The van der Waals surface area contributed by atoms with Gasteiger partial charge in [0.25, 0.3) is 11.8 Å². The summed E-state index contributed by atoms with van der Waals surface area (Å²) in [7, 11) is 1.42. The van der Waals surface area contributed by atoms with E-state index in [1.807, 2.05) is 18.2 Å². The molecule has 4 fully saturated rings. The van der Waals surface area contributed by atoms with E-state index in [4.69, 9.17) is 21.1 Å². The summed E-state index contributed by atoms with van der Waals surface area (Å²) in [6.45, 7) is 2.73. The number of anilines is 3. The van der Waals surface area contributed by atoms with E-state index in [0.29, 0.717) is 40.7 Å². The summed E-state index contributed by atoms with van der Waals surface area (Å²) >= 11 is 6.39. The number of phenolic OH excluding ortho intramolecular Hbond substituents is 1. The minimum absolute atomic E-state index is 0.0936. The highest BCUT2D eigenvalue weighted by molar-refractivity contribution is 6.30. The number of hydrogen-bond acceptors (Lipinski definition) is 9. The van der Waals surface area contributed by atoms with Gasteiger partial charge in [-0.1, -0.05) is 41.4 Å². The van der Waals surface area contributed by atoms with Gasteiger partial charge < -0.3 is 19.5 Å². The van der Waals surface area contributed by atoms with Gasteiger partial charge in [-0.05, 0) is 103 Å². The van der Waals surface area contributed by atoms with Crippen molar-refractivity contribution in [1.29, 1.82) is 0 Å². The average Bonchev–Trinajstić information content (AvgIpc) is 3.60. The molecular formula is C43H38ClFN4O7. The molecule has 2 aliphatic carbocycles. The summed E-state index contributed by atoms with van der Waals surface area (Å²) in [4.78, 5) is 62.6. The largest absolute Gasteiger partial charge is 0.504 e. The predicted octanol–water partition coefficient (Wildman–Crippen LogP) is 6.22. The number of carbonyl (C=O) groups is 4. The molecule has 6 unspecified atom stereocenters. The van der Waals surface area contributed by atoms with Crippen LogP contribution in [0.2, 0.25) is 5.02 Å². The van der Waals surface area contributed by atoms with Crippen molar-refractivity contribution in [2.75, 3.05) is 48.6 Å². The van der Waals surface area contributed by atoms with E-state index in [1.54, 1.807) is 48.5 Å². The fourth-order valence-electron chi connectivity index (χ4n) is 9.79. The second-order valence-corrected chi connectivity index (χ2v) is 15.4. The van der Waals surface area contributed by atoms with Crippen molar-refractivity contribution in [3.63, 3.8) is 0 Å². The summed E-state index contributed by atoms with van der Waals surface area (Å²) in [5.41, 5.74) is 5.01. The topological polar surface area (TPSA) is 129 Å². The number of imide groups is 2. The number of phenols is 1. The normalized spacial score (nSPS) is 27.2. The first kappa shape index (κ1) is 35.9. The summed E-state index contributed by atoms with van der Waals surface area (Å²) in [5, 5.41) is 12.1. The van der Waals surface area contributed by atoms with Gasteiger partial charge in [0.1, 0.15) is 5.82 Å². The van der Waals surface area contributed by atoms with Gasteiger partial charge >= 0.3 is 0 Å². The van der Waals surface area contributed by atoms with Gasteiger partial charge in [-0.3, -0.25) is 29.5 Å². The van der Waals surface area contributed by atoms with Crippen LogP contribution in [0, 0.1) is 29.5 Å². The van der Waals surface area contributed by atoms with Crippen LogP contribution < -0.4 is 20.0 Å². The molecule has 5 aliphatic rings. The van der Waals surface area contributed by atoms with Crippen LogP contribution in [-0.4, -0.2) is 67.2 Å². The fraction of sp³-hybridized carbons (Fsp3) is 0.302. The van der Waals surface area contributed by atoms with Gasteiger partial charge in [0.05, 0.1) is 54.9 Å². The summed E-state index contributed by atoms with van der Waals surface area (Å²) in [5.74, 6) is -6.09. The molecule has 0 bridgehead atoms. The maximum Gasteiger partial charge on any atom is 0.260 e. The molecule has 9 rings (SSSR count). The molecule has 4 aromatic rings. The molecular weight excluding hydrogens is 739 g/mol. The zero-order chi connectivity index (χ0) is 38.9. The number of nitrogens with one attached hydrogen (secondary N) is 1. The lowest BCUT2D eigenvalue weighted by Crippen LogP contribution is -2.53. The average molecular weight is 777 g/mol. The summed E-state index contributed by atoms with van der Waals surface area (Å²) < 4.78 is 25.0. The molecule has 11 nitrogen and oxygen atoms in total. The molecule has 286 valence electrons. The van der Waals surface area contributed by atoms with Crippen molar-refractivity contribution in [1.82, 2.24) is 5.01 Å². The van der Waals surface area contributed by atoms with Gasteiger partial charge in [-0.25, -0.2) is 4.39 Å². The van der Waals surface area contributed by atoms with E-state index in [2.05, 4.69) is 10.3 Å². The number of rotatable bonds is 7. The number of allylic oxidation sites excluding steroid dienone is 2. The van der Waals surface area contributed by atoms with E-state index in [9.17, 15) is 23.9 Å². The van der Waals surface area contributed by atoms with E-state index in [1.165, 1.54) is 42.3 Å². The van der Waals surface area contributed by atoms with Crippen LogP contribution in [0.3, 0.4) is 0 Å². The molecule has 1 saturated carbocycles. The molecule has 3 heterocycles. The first-order chi connectivity index (χ1) is 27.1. The number of aromatic hydroxyl groups is 1. The second kappa shape index (κ2) is 13.8. The molecule has 4 aromatic carbocycles. The highest BCUT2D eigenvalue weighted by atomic mass is 35.5. The number of carbonyl (C=O) groups excluding carboxylic acids is 4. The number of ether oxygens (including phenoxy) is 2. The lowest BCUT2D eigenvalue weighted by Gasteiger charge is -2.50. The number of hydrazine groups is 1. The molecule has 56 heavy (non-hydrogen) atoms. The number of amides is 4. The molecule has 0 spiro atoms. The smallest absolute Gasteiger partial charge is 0.260 e. The van der Waals surface area contributed by atoms with Crippen molar-refractivity contribution in [2.45, 2.75) is 24.2 Å². The van der Waals surface area contributed by atoms with Gasteiger partial charge in [-0.15, -0.1) is 0 Å². The predicted molar refractivity (Wildman–Crippen MR) is 206 cm³/mol. The van der Waals surface area contributed by atoms with Crippen LogP contribution in [-0.2, 0) is 29.3 Å². The zero-order valence-corrected chi connectivity index (χ0v) is 31.1. The van der Waals surface area contributed by atoms with Gasteiger partial charge in [0, 0.05) is 29.7 Å². The fourth-order valence-corrected chi connectivity index (χ4v) is 9.92. The number of methoxy groups -OCH3 is 1. The van der Waals surface area contributed by atoms with Crippen LogP contribution in [0.5, 0.6) is 11.5 Å². The quantitative estimate of drug-likeness (QED) is 0.166. The van der Waals surface area contributed by atoms with E-state index in [0.717, 1.165) is 29.4 Å². The van der Waals surface area contributed by atoms with E-state index < -0.39 is 52.6 Å². The Kier molecular flexibility index (Phi) is 8.85. The molecule has 4 amide bonds. The number of hydrogen-bond donors (Lipinski definition) is 2. The highest BCUT2D eigenvalue weighted by Crippen LogP contribution is 2.64. The van der Waals surface area contributed by atoms with Crippen LogP contribution in [0.25, 0.3) is 0 Å². The first-order valence-corrected chi connectivity index (χ1v) is 19.0. The molecule has 0 radical (unpaired) electrons. The Morgan fingerprint density at radius 3 is 2.25 bits per heavy atom. The summed E-state index contributed by atoms with van der Waals surface area (Å²) in [6.07, 6.45) is 2.31. The number of fused-ring (bicyclic) bond motifs is 4. The van der Waals surface area contributed by atoms with Crippen LogP contribution in [0.4, 0.5) is 21.5 Å². The maximum absolute atomic E-state index is 15.3. The maximum atomic E-state index is 15.3. The Morgan fingerprint density at radius 1 is 0.857 bits per heavy atom. The van der Waals surface area contributed by atoms with Crippen LogP contribution in [0.1, 0.15) is 29.9 Å². The number of nitrogens with zero attached hydrogens (tertiary/aromatic N) is 3. The number of benzene rings is 4. The number of morpholine rings is 1. The summed E-state index contributed by atoms with van der Waals surface area (Å²) in [6, 6.07) is 24.4. The van der Waals surface area contributed by atoms with Crippen molar-refractivity contribution >= 4 is 52.3 Å². The first-order valence-electron chi connectivity index (χ1n) is 18.7. The Hall–Kier alpha value is -5.72. The standard InChI is InChI=1S/C43H38ClFN4O7/c1-55-36-22-24(2-17-35(36)50)38-31-15-16-32-37(41(53)48(39(32)51)30-13-11-29(12-14-30)47-18-20-56-21-19-47)33(31)23-34-40(52)49(46-28-9-7-27(45)8-10-28)42(54)43(34,38)25-3-5-26(44)6-4-25/h2-15,17,22,32-34,37-38,46,50H,16,18-21,23H2,1H3. The lowest BCUT2D eigenvalue weighted by molar-refractivity contribution is -0.138. The van der Waals surface area contributed by atoms with Crippen LogP contribution >= 0.6 is 11.6 Å². The lowest BCUT2D eigenvalue weighted by atomic mass is 9.49. The van der Waals surface area contributed by atoms with E-state index in [-0.39, 0.29) is 36.2 Å². The van der Waals surface area contributed by atoms with Crippen molar-refractivity contribution in [3.05, 3.63) is 125 Å². The zero-order valence-electron chi connectivity index (χ0n) is 30.4. The highest BCUT2D eigenvalue weighted by Gasteiger charge is 2.70. The Balaban J connectivity index is 1.17. The third-order valence-electron chi connectivity index (χ3n) is 12.3. The molecule has 2 N–H and O–H groups in total. The van der Waals surface area contributed by atoms with E-state index >= 15 is 4.79 Å². The second-order valence-electron chi connectivity index (χ2n) is 14.9. The van der Waals surface area contributed by atoms with Crippen molar-refractivity contribution in [3.8, 4) is 11.5 Å². The molecule has 3 saturated heterocycles. The van der Waals surface area contributed by atoms with Crippen molar-refractivity contribution in [2.24, 2.45) is 23.7 Å². The van der Waals surface area contributed by atoms with Gasteiger partial charge in [0.2, 0.25) is 11.8 Å². The SMILES string of the molecule is COc1cc(C2C3=CCC4C(=O)N(c5ccc(N6CCOCC6)cc5)C(=O)C4C3CC3C(=O)N(Nc4ccc(F)cc4)C(=O)C32c2ccc(Cl)cc2)ccc1O. The third-order valence-corrected chi connectivity index (χ3v) is 12.5. The van der Waals surface area contributed by atoms with Crippen LogP contribution in [0.15, 0.2) is 103 Å². The monoisotopic (exact) mass is 776 g/mol. The Bertz CT molecular complexity index is 2280. The Morgan fingerprint density at radius 2 is 1.55 bits per heavy atom. The minimum Gasteiger partial charge on any atom is -0.504 e. The molecule has 6 atom stereocenters. The molecule has 3 aliphatic heterocycles. The third kappa shape index (κ3) is 5.48. The Labute approximate surface area is 327 Å². The molecule has 0 aromatic heterocycles. The van der Waals surface area contributed by atoms with Gasteiger partial charge in [-0.2, -0.15) is 5.01 Å². The van der Waals surface area contributed by atoms with Crippen molar-refractivity contribution < 1.29 is 38.1 Å². The molecule has 13 heteroatoms. The number of halogens is 2. The van der Waals surface area contributed by atoms with Gasteiger partial charge in [0.15, 0.2) is 11.5 Å². The minimum atomic E-state index is -1.56.